The summed E-state index contributed by atoms with van der Waals surface area (Å²) in [7, 11) is 0. The van der Waals surface area contributed by atoms with Gasteiger partial charge in [-0.3, -0.25) is 9.69 Å². The van der Waals surface area contributed by atoms with Crippen molar-refractivity contribution in [3.8, 4) is 0 Å². The molecule has 0 spiro atoms. The molecule has 0 aliphatic carbocycles. The maximum atomic E-state index is 14.0. The van der Waals surface area contributed by atoms with E-state index in [9.17, 15) is 9.18 Å². The van der Waals surface area contributed by atoms with Gasteiger partial charge in [0, 0.05) is 49.7 Å². The molecule has 1 N–H and O–H groups in total. The second kappa shape index (κ2) is 12.2. The predicted molar refractivity (Wildman–Crippen MR) is 117 cm³/mol. The predicted octanol–water partition coefficient (Wildman–Crippen LogP) is 3.99. The fourth-order valence-corrected chi connectivity index (χ4v) is 4.27. The van der Waals surface area contributed by atoms with Crippen LogP contribution in [0.2, 0.25) is 5.02 Å². The average molecular weight is 455 g/mol. The Balaban J connectivity index is 0.00000196. The number of piperazine rings is 1. The molecular formula is C20H31Cl3FN3O. The van der Waals surface area contributed by atoms with E-state index in [1.165, 1.54) is 18.9 Å². The first kappa shape index (κ1) is 25.4. The molecule has 2 aliphatic rings. The second-order valence-electron chi connectivity index (χ2n) is 7.63. The third kappa shape index (κ3) is 6.74. The highest BCUT2D eigenvalue weighted by Crippen LogP contribution is 2.25. The molecule has 8 heteroatoms. The summed E-state index contributed by atoms with van der Waals surface area (Å²) in [6.45, 7) is 7.80. The van der Waals surface area contributed by atoms with Crippen LogP contribution >= 0.6 is 36.4 Å². The van der Waals surface area contributed by atoms with Crippen molar-refractivity contribution in [2.24, 2.45) is 11.8 Å². The monoisotopic (exact) mass is 453 g/mol. The van der Waals surface area contributed by atoms with Crippen molar-refractivity contribution in [3.63, 3.8) is 0 Å². The van der Waals surface area contributed by atoms with Crippen LogP contribution in [0, 0.1) is 17.7 Å². The van der Waals surface area contributed by atoms with Crippen LogP contribution in [0.15, 0.2) is 18.2 Å². The van der Waals surface area contributed by atoms with Crippen molar-refractivity contribution in [2.45, 2.75) is 32.7 Å². The summed E-state index contributed by atoms with van der Waals surface area (Å²) in [5.41, 5.74) is 0.550. The van der Waals surface area contributed by atoms with Gasteiger partial charge in [-0.15, -0.1) is 24.8 Å². The Morgan fingerprint density at radius 3 is 2.46 bits per heavy atom. The molecule has 2 saturated heterocycles. The van der Waals surface area contributed by atoms with E-state index in [2.05, 4.69) is 17.1 Å². The maximum absolute atomic E-state index is 14.0. The number of carbonyl (C=O) groups is 1. The first-order valence-electron chi connectivity index (χ1n) is 9.68. The summed E-state index contributed by atoms with van der Waals surface area (Å²) in [6, 6.07) is 4.80. The molecular weight excluding hydrogens is 424 g/mol. The number of nitrogens with one attached hydrogen (secondary N) is 1. The molecule has 1 aromatic rings. The van der Waals surface area contributed by atoms with E-state index < -0.39 is 0 Å². The van der Waals surface area contributed by atoms with E-state index in [1.54, 1.807) is 12.1 Å². The van der Waals surface area contributed by atoms with Gasteiger partial charge in [0.15, 0.2) is 0 Å². The molecule has 2 heterocycles. The third-order valence-electron chi connectivity index (χ3n) is 5.85. The molecule has 28 heavy (non-hydrogen) atoms. The molecule has 4 nitrogen and oxygen atoms in total. The van der Waals surface area contributed by atoms with Crippen LogP contribution in [0.4, 0.5) is 4.39 Å². The molecule has 160 valence electrons. The van der Waals surface area contributed by atoms with E-state index >= 15 is 0 Å². The largest absolute Gasteiger partial charge is 0.340 e. The minimum absolute atomic E-state index is 0. The van der Waals surface area contributed by atoms with Gasteiger partial charge in [0.05, 0.1) is 0 Å². The van der Waals surface area contributed by atoms with Gasteiger partial charge in [-0.25, -0.2) is 4.39 Å². The van der Waals surface area contributed by atoms with Crippen molar-refractivity contribution in [1.29, 1.82) is 0 Å². The molecule has 1 amide bonds. The Morgan fingerprint density at radius 1 is 1.21 bits per heavy atom. The van der Waals surface area contributed by atoms with Crippen molar-refractivity contribution in [1.82, 2.24) is 15.1 Å². The normalized spacial score (nSPS) is 19.5. The molecule has 0 radical (unpaired) electrons. The Bertz CT molecular complexity index is 600. The van der Waals surface area contributed by atoms with Gasteiger partial charge in [-0.05, 0) is 49.9 Å². The summed E-state index contributed by atoms with van der Waals surface area (Å²) in [5.74, 6) is 1.11. The number of benzene rings is 1. The van der Waals surface area contributed by atoms with Crippen LogP contribution < -0.4 is 5.32 Å². The lowest BCUT2D eigenvalue weighted by molar-refractivity contribution is -0.134. The molecule has 1 aromatic carbocycles. The fraction of sp³-hybridized carbons (Fsp3) is 0.650. The highest BCUT2D eigenvalue weighted by Gasteiger charge is 2.26. The molecule has 3 rings (SSSR count). The summed E-state index contributed by atoms with van der Waals surface area (Å²) in [5, 5.41) is 3.85. The van der Waals surface area contributed by atoms with Crippen LogP contribution in [0.5, 0.6) is 0 Å². The fourth-order valence-electron chi connectivity index (χ4n) is 4.05. The van der Waals surface area contributed by atoms with Gasteiger partial charge in [0.1, 0.15) is 5.82 Å². The minimum atomic E-state index is -0.258. The molecule has 0 bridgehead atoms. The standard InChI is InChI=1S/C20H29ClFN3O.2ClH/c1-15(16-5-7-23-8-6-16)13-20(26)25-11-9-24(10-12-25)14-17-18(21)3-2-4-19(17)22;;/h2-4,15-16,23H,5-14H2,1H3;2*1H. The van der Waals surface area contributed by atoms with Gasteiger partial charge < -0.3 is 10.2 Å². The molecule has 0 saturated carbocycles. The lowest BCUT2D eigenvalue weighted by atomic mass is 9.84. The highest BCUT2D eigenvalue weighted by atomic mass is 35.5. The Morgan fingerprint density at radius 2 is 1.86 bits per heavy atom. The van der Waals surface area contributed by atoms with Crippen LogP contribution in [0.3, 0.4) is 0 Å². The zero-order chi connectivity index (χ0) is 18.5. The Hall–Kier alpha value is -0.590. The van der Waals surface area contributed by atoms with Crippen molar-refractivity contribution in [3.05, 3.63) is 34.6 Å². The van der Waals surface area contributed by atoms with E-state index in [1.807, 2.05) is 4.90 Å². The number of amides is 1. The summed E-state index contributed by atoms with van der Waals surface area (Å²) < 4.78 is 14.0. The first-order valence-corrected chi connectivity index (χ1v) is 10.1. The van der Waals surface area contributed by atoms with Gasteiger partial charge in [0.25, 0.3) is 0 Å². The molecule has 1 atom stereocenters. The zero-order valence-corrected chi connectivity index (χ0v) is 18.7. The zero-order valence-electron chi connectivity index (χ0n) is 16.3. The van der Waals surface area contributed by atoms with E-state index in [0.717, 1.165) is 26.2 Å². The Labute approximate surface area is 185 Å². The third-order valence-corrected chi connectivity index (χ3v) is 6.21. The quantitative estimate of drug-likeness (QED) is 0.730. The van der Waals surface area contributed by atoms with E-state index in [4.69, 9.17) is 11.6 Å². The maximum Gasteiger partial charge on any atom is 0.222 e. The van der Waals surface area contributed by atoms with Crippen LogP contribution in [0.1, 0.15) is 31.7 Å². The number of piperidine rings is 1. The second-order valence-corrected chi connectivity index (χ2v) is 8.03. The molecule has 2 fully saturated rings. The van der Waals surface area contributed by atoms with E-state index in [-0.39, 0.29) is 36.5 Å². The van der Waals surface area contributed by atoms with E-state index in [0.29, 0.717) is 48.5 Å². The average Bonchev–Trinajstić information content (AvgIpc) is 2.66. The van der Waals surface area contributed by atoms with Crippen molar-refractivity contribution in [2.75, 3.05) is 39.3 Å². The molecule has 0 aromatic heterocycles. The van der Waals surface area contributed by atoms with Gasteiger partial charge in [-0.2, -0.15) is 0 Å². The smallest absolute Gasteiger partial charge is 0.222 e. The highest BCUT2D eigenvalue weighted by molar-refractivity contribution is 6.31. The van der Waals surface area contributed by atoms with Gasteiger partial charge in [0.2, 0.25) is 5.91 Å². The number of halogens is 4. The van der Waals surface area contributed by atoms with Crippen LogP contribution in [0.25, 0.3) is 0 Å². The lowest BCUT2D eigenvalue weighted by Gasteiger charge is -2.36. The number of rotatable bonds is 5. The number of hydrogen-bond acceptors (Lipinski definition) is 3. The molecule has 1 unspecified atom stereocenters. The Kier molecular flexibility index (Phi) is 11.1. The van der Waals surface area contributed by atoms with Crippen molar-refractivity contribution >= 4 is 42.3 Å². The first-order chi connectivity index (χ1) is 12.5. The summed E-state index contributed by atoms with van der Waals surface area (Å²) in [6.07, 6.45) is 2.99. The summed E-state index contributed by atoms with van der Waals surface area (Å²) >= 11 is 6.12. The topological polar surface area (TPSA) is 35.6 Å². The van der Waals surface area contributed by atoms with Crippen LogP contribution in [-0.4, -0.2) is 55.0 Å². The van der Waals surface area contributed by atoms with Gasteiger partial charge >= 0.3 is 0 Å². The number of hydrogen-bond donors (Lipinski definition) is 1. The minimum Gasteiger partial charge on any atom is -0.340 e. The van der Waals surface area contributed by atoms with Gasteiger partial charge in [-0.1, -0.05) is 24.6 Å². The number of nitrogens with zero attached hydrogens (tertiary/aromatic N) is 2. The lowest BCUT2D eigenvalue weighted by Crippen LogP contribution is -2.48. The summed E-state index contributed by atoms with van der Waals surface area (Å²) in [4.78, 5) is 16.8. The van der Waals surface area contributed by atoms with Crippen molar-refractivity contribution < 1.29 is 9.18 Å². The SMILES string of the molecule is CC(CC(=O)N1CCN(Cc2c(F)cccc2Cl)CC1)C1CCNCC1.Cl.Cl. The molecule has 2 aliphatic heterocycles. The van der Waals surface area contributed by atoms with Crippen LogP contribution in [-0.2, 0) is 11.3 Å². The number of carbonyl (C=O) groups excluding carboxylic acids is 1.